The Balaban J connectivity index is 1.74. The number of sulfonamides is 1. The van der Waals surface area contributed by atoms with E-state index in [1.54, 1.807) is 54.6 Å². The number of carbonyl (C=O) groups excluding carboxylic acids is 1. The quantitative estimate of drug-likeness (QED) is 0.678. The van der Waals surface area contributed by atoms with E-state index in [2.05, 4.69) is 10.3 Å². The molecule has 0 atom stereocenters. The lowest BCUT2D eigenvalue weighted by Crippen LogP contribution is -2.41. The van der Waals surface area contributed by atoms with Gasteiger partial charge in [0.15, 0.2) is 0 Å². The molecule has 3 rings (SSSR count). The summed E-state index contributed by atoms with van der Waals surface area (Å²) in [6.07, 6.45) is 0. The van der Waals surface area contributed by atoms with Crippen LogP contribution in [0.4, 0.5) is 4.39 Å². The van der Waals surface area contributed by atoms with E-state index in [9.17, 15) is 17.6 Å². The van der Waals surface area contributed by atoms with E-state index in [1.807, 2.05) is 0 Å². The number of nitrogens with one attached hydrogen (secondary N) is 2. The maximum Gasteiger partial charge on any atom is 0.266 e. The Bertz CT molecular complexity index is 1020. The van der Waals surface area contributed by atoms with Gasteiger partial charge in [0.1, 0.15) is 5.82 Å². The summed E-state index contributed by atoms with van der Waals surface area (Å²) in [4.78, 5) is 14.4. The number of hydrogen-bond acceptors (Lipinski definition) is 3. The van der Waals surface area contributed by atoms with E-state index in [1.165, 1.54) is 24.3 Å². The van der Waals surface area contributed by atoms with Gasteiger partial charge in [0.2, 0.25) is 0 Å². The van der Waals surface area contributed by atoms with E-state index in [4.69, 9.17) is 0 Å². The normalized spacial score (nSPS) is 11.1. The minimum absolute atomic E-state index is 0.0420. The fraction of sp³-hybridized carbons (Fsp3) is 0. The minimum atomic E-state index is -3.85. The number of hydrazine groups is 1. The molecule has 0 unspecified atom stereocenters. The number of amides is 1. The predicted octanol–water partition coefficient (Wildman–Crippen LogP) is 3.12. The lowest BCUT2D eigenvalue weighted by molar-refractivity contribution is 0.0945. The fourth-order valence-electron chi connectivity index (χ4n) is 2.33. The van der Waals surface area contributed by atoms with Gasteiger partial charge in [-0.2, -0.15) is 0 Å². The maximum atomic E-state index is 13.0. The largest absolute Gasteiger partial charge is 0.273 e. The highest BCUT2D eigenvalue weighted by molar-refractivity contribution is 7.89. The van der Waals surface area contributed by atoms with Gasteiger partial charge in [0.05, 0.1) is 4.90 Å². The first-order chi connectivity index (χ1) is 12.5. The minimum Gasteiger partial charge on any atom is -0.273 e. The molecule has 0 fully saturated rings. The van der Waals surface area contributed by atoms with Gasteiger partial charge in [-0.1, -0.05) is 42.5 Å². The van der Waals surface area contributed by atoms with Crippen molar-refractivity contribution in [1.29, 1.82) is 0 Å². The van der Waals surface area contributed by atoms with Crippen LogP contribution in [0.2, 0.25) is 0 Å². The zero-order chi connectivity index (χ0) is 18.6. The molecule has 0 aliphatic carbocycles. The first-order valence-corrected chi connectivity index (χ1v) is 9.17. The summed E-state index contributed by atoms with van der Waals surface area (Å²) in [7, 11) is -3.85. The van der Waals surface area contributed by atoms with Gasteiger partial charge in [-0.15, -0.1) is 4.83 Å². The van der Waals surface area contributed by atoms with Crippen molar-refractivity contribution in [2.24, 2.45) is 0 Å². The van der Waals surface area contributed by atoms with Crippen molar-refractivity contribution in [3.63, 3.8) is 0 Å². The van der Waals surface area contributed by atoms with Crippen molar-refractivity contribution >= 4 is 15.9 Å². The van der Waals surface area contributed by atoms with Crippen LogP contribution in [0.25, 0.3) is 11.1 Å². The third kappa shape index (κ3) is 4.14. The van der Waals surface area contributed by atoms with Crippen molar-refractivity contribution in [3.05, 3.63) is 90.2 Å². The monoisotopic (exact) mass is 370 g/mol. The van der Waals surface area contributed by atoms with Crippen LogP contribution in [0.5, 0.6) is 0 Å². The van der Waals surface area contributed by atoms with E-state index < -0.39 is 15.9 Å². The first kappa shape index (κ1) is 17.8. The molecular weight excluding hydrogens is 355 g/mol. The second-order valence-corrected chi connectivity index (χ2v) is 7.14. The topological polar surface area (TPSA) is 75.3 Å². The zero-order valence-corrected chi connectivity index (χ0v) is 14.3. The average Bonchev–Trinajstić information content (AvgIpc) is 2.67. The number of hydrogen-bond donors (Lipinski definition) is 2. The lowest BCUT2D eigenvalue weighted by atomic mass is 10.0. The highest BCUT2D eigenvalue weighted by Gasteiger charge is 2.15. The van der Waals surface area contributed by atoms with Crippen LogP contribution in [0.3, 0.4) is 0 Å². The molecule has 2 N–H and O–H groups in total. The summed E-state index contributed by atoms with van der Waals surface area (Å²) in [5.74, 6) is -0.952. The first-order valence-electron chi connectivity index (χ1n) is 7.69. The molecule has 0 aliphatic heterocycles. The molecule has 26 heavy (non-hydrogen) atoms. The molecule has 0 radical (unpaired) electrons. The van der Waals surface area contributed by atoms with Crippen molar-refractivity contribution in [2.75, 3.05) is 0 Å². The number of benzene rings is 3. The third-order valence-corrected chi connectivity index (χ3v) is 4.92. The summed E-state index contributed by atoms with van der Waals surface area (Å²) in [6, 6.07) is 20.2. The van der Waals surface area contributed by atoms with Crippen LogP contribution in [-0.4, -0.2) is 14.3 Å². The molecule has 7 heteroatoms. The van der Waals surface area contributed by atoms with E-state index in [-0.39, 0.29) is 16.3 Å². The number of rotatable bonds is 5. The fourth-order valence-corrected chi connectivity index (χ4v) is 3.19. The molecule has 1 amide bonds. The Labute approximate surface area is 150 Å². The average molecular weight is 370 g/mol. The summed E-state index contributed by atoms with van der Waals surface area (Å²) in [5.41, 5.74) is 3.91. The summed E-state index contributed by atoms with van der Waals surface area (Å²) in [5, 5.41) is 0. The summed E-state index contributed by atoms with van der Waals surface area (Å²) in [6.45, 7) is 0. The van der Waals surface area contributed by atoms with Crippen LogP contribution < -0.4 is 10.3 Å². The second kappa shape index (κ2) is 7.47. The Morgan fingerprint density at radius 1 is 0.808 bits per heavy atom. The van der Waals surface area contributed by atoms with Gasteiger partial charge in [0, 0.05) is 5.56 Å². The molecule has 3 aromatic rings. The molecule has 0 bridgehead atoms. The molecule has 0 aliphatic rings. The zero-order valence-electron chi connectivity index (χ0n) is 13.5. The van der Waals surface area contributed by atoms with E-state index in [0.717, 1.165) is 5.56 Å². The van der Waals surface area contributed by atoms with Gasteiger partial charge >= 0.3 is 0 Å². The van der Waals surface area contributed by atoms with Gasteiger partial charge < -0.3 is 0 Å². The van der Waals surface area contributed by atoms with Crippen LogP contribution in [-0.2, 0) is 10.0 Å². The van der Waals surface area contributed by atoms with E-state index in [0.29, 0.717) is 5.56 Å². The molecule has 0 aromatic heterocycles. The molecule has 3 aromatic carbocycles. The lowest BCUT2D eigenvalue weighted by Gasteiger charge is -2.09. The van der Waals surface area contributed by atoms with Crippen molar-refractivity contribution < 1.29 is 17.6 Å². The highest BCUT2D eigenvalue weighted by atomic mass is 32.2. The van der Waals surface area contributed by atoms with Gasteiger partial charge in [-0.25, -0.2) is 12.8 Å². The SMILES string of the molecule is O=C(NNS(=O)(=O)c1ccccc1)c1cccc(-c2ccc(F)cc2)c1. The smallest absolute Gasteiger partial charge is 0.266 e. The number of carbonyl (C=O) groups is 1. The highest BCUT2D eigenvalue weighted by Crippen LogP contribution is 2.20. The van der Waals surface area contributed by atoms with Crippen molar-refractivity contribution in [2.45, 2.75) is 4.90 Å². The second-order valence-electron chi connectivity index (χ2n) is 5.46. The Morgan fingerprint density at radius 3 is 2.19 bits per heavy atom. The van der Waals surface area contributed by atoms with Gasteiger partial charge in [-0.3, -0.25) is 10.2 Å². The third-order valence-electron chi connectivity index (χ3n) is 3.65. The van der Waals surface area contributed by atoms with Crippen LogP contribution in [0.15, 0.2) is 83.8 Å². The van der Waals surface area contributed by atoms with Crippen LogP contribution >= 0.6 is 0 Å². The molecule has 132 valence electrons. The standard InChI is InChI=1S/C19H15FN2O3S/c20-17-11-9-14(10-12-17)15-5-4-6-16(13-15)19(23)21-22-26(24,25)18-7-2-1-3-8-18/h1-13,22H,(H,21,23). The molecule has 0 saturated heterocycles. The van der Waals surface area contributed by atoms with Gasteiger partial charge in [0.25, 0.3) is 15.9 Å². The Kier molecular flexibility index (Phi) is 5.11. The Hall–Kier alpha value is -3.03. The van der Waals surface area contributed by atoms with Gasteiger partial charge in [-0.05, 0) is 47.5 Å². The molecular formula is C19H15FN2O3S. The van der Waals surface area contributed by atoms with Crippen molar-refractivity contribution in [1.82, 2.24) is 10.3 Å². The predicted molar refractivity (Wildman–Crippen MR) is 96.1 cm³/mol. The molecule has 0 saturated carbocycles. The maximum absolute atomic E-state index is 13.0. The molecule has 0 heterocycles. The van der Waals surface area contributed by atoms with E-state index >= 15 is 0 Å². The molecule has 0 spiro atoms. The van der Waals surface area contributed by atoms with Crippen molar-refractivity contribution in [3.8, 4) is 11.1 Å². The number of halogens is 1. The molecule has 5 nitrogen and oxygen atoms in total. The summed E-state index contributed by atoms with van der Waals surface area (Å²) < 4.78 is 37.3. The van der Waals surface area contributed by atoms with Crippen LogP contribution in [0, 0.1) is 5.82 Å². The van der Waals surface area contributed by atoms with Crippen LogP contribution in [0.1, 0.15) is 10.4 Å². The Morgan fingerprint density at radius 2 is 1.50 bits per heavy atom. The summed E-state index contributed by atoms with van der Waals surface area (Å²) >= 11 is 0.